The third-order valence-electron chi connectivity index (χ3n) is 7.76. The smallest absolute Gasteiger partial charge is 0.227 e. The number of anilines is 1. The van der Waals surface area contributed by atoms with Gasteiger partial charge in [0.1, 0.15) is 13.2 Å². The van der Waals surface area contributed by atoms with Crippen LogP contribution in [0, 0.1) is 23.7 Å². The van der Waals surface area contributed by atoms with Gasteiger partial charge in [-0.1, -0.05) is 0 Å². The zero-order chi connectivity index (χ0) is 19.6. The van der Waals surface area contributed by atoms with E-state index in [-0.39, 0.29) is 29.7 Å². The first-order valence-electron chi connectivity index (χ1n) is 11.1. The predicted molar refractivity (Wildman–Crippen MR) is 107 cm³/mol. The van der Waals surface area contributed by atoms with E-state index in [2.05, 4.69) is 5.32 Å². The molecule has 6 nitrogen and oxygen atoms in total. The van der Waals surface area contributed by atoms with Crippen molar-refractivity contribution < 1.29 is 19.1 Å². The Hall–Kier alpha value is -2.24. The Morgan fingerprint density at radius 2 is 1.66 bits per heavy atom. The van der Waals surface area contributed by atoms with Crippen molar-refractivity contribution in [2.45, 2.75) is 50.5 Å². The molecule has 0 aromatic heterocycles. The Morgan fingerprint density at radius 1 is 1.00 bits per heavy atom. The number of fused-ring (bicyclic) bond motifs is 1. The number of ether oxygens (including phenoxy) is 2. The third-order valence-corrected chi connectivity index (χ3v) is 7.76. The number of hydrogen-bond donors (Lipinski definition) is 1. The summed E-state index contributed by atoms with van der Waals surface area (Å²) >= 11 is 0. The summed E-state index contributed by atoms with van der Waals surface area (Å²) in [5.74, 6) is 3.56. The van der Waals surface area contributed by atoms with E-state index in [4.69, 9.17) is 9.47 Å². The second kappa shape index (κ2) is 6.38. The summed E-state index contributed by atoms with van der Waals surface area (Å²) in [4.78, 5) is 27.6. The van der Waals surface area contributed by atoms with Crippen molar-refractivity contribution in [2.24, 2.45) is 23.7 Å². The molecule has 0 spiro atoms. The fraction of sp³-hybridized carbons (Fsp3) is 0.652. The van der Waals surface area contributed by atoms with Crippen molar-refractivity contribution in [3.05, 3.63) is 18.2 Å². The molecule has 1 aromatic rings. The zero-order valence-electron chi connectivity index (χ0n) is 16.7. The molecule has 2 amide bonds. The molecule has 1 aromatic carbocycles. The van der Waals surface area contributed by atoms with E-state index in [1.807, 2.05) is 18.2 Å². The minimum Gasteiger partial charge on any atom is -0.486 e. The largest absolute Gasteiger partial charge is 0.486 e. The summed E-state index contributed by atoms with van der Waals surface area (Å²) in [6.07, 6.45) is 7.76. The van der Waals surface area contributed by atoms with Crippen LogP contribution in [0.5, 0.6) is 11.5 Å². The lowest BCUT2D eigenvalue weighted by atomic mass is 9.53. The summed E-state index contributed by atoms with van der Waals surface area (Å²) < 4.78 is 11.2. The molecule has 2 aliphatic heterocycles. The molecule has 1 N–H and O–H groups in total. The van der Waals surface area contributed by atoms with E-state index in [9.17, 15) is 9.59 Å². The Kier molecular flexibility index (Phi) is 3.87. The van der Waals surface area contributed by atoms with Crippen molar-refractivity contribution >= 4 is 17.5 Å². The molecular weight excluding hydrogens is 368 g/mol. The van der Waals surface area contributed by atoms with Gasteiger partial charge >= 0.3 is 0 Å². The van der Waals surface area contributed by atoms with Gasteiger partial charge in [-0.25, -0.2) is 0 Å². The lowest BCUT2D eigenvalue weighted by Crippen LogP contribution is -2.60. The first kappa shape index (κ1) is 17.6. The second-order valence-electron chi connectivity index (χ2n) is 9.92. The highest BCUT2D eigenvalue weighted by Crippen LogP contribution is 2.55. The summed E-state index contributed by atoms with van der Waals surface area (Å²) in [5.41, 5.74) is 0.781. The number of amides is 2. The average Bonchev–Trinajstić information content (AvgIpc) is 3.08. The quantitative estimate of drug-likeness (QED) is 0.853. The molecule has 0 radical (unpaired) electrons. The molecule has 4 bridgehead atoms. The van der Waals surface area contributed by atoms with Crippen LogP contribution in [0.25, 0.3) is 0 Å². The molecule has 2 heterocycles. The lowest BCUT2D eigenvalue weighted by molar-refractivity contribution is -0.131. The highest BCUT2D eigenvalue weighted by molar-refractivity contribution is 6.00. The highest BCUT2D eigenvalue weighted by Gasteiger charge is 2.52. The fourth-order valence-electron chi connectivity index (χ4n) is 6.96. The van der Waals surface area contributed by atoms with Crippen molar-refractivity contribution in [3.8, 4) is 11.5 Å². The van der Waals surface area contributed by atoms with Crippen molar-refractivity contribution in [2.75, 3.05) is 24.7 Å². The Balaban J connectivity index is 1.16. The molecule has 154 valence electrons. The minimum absolute atomic E-state index is 0.000695. The molecule has 5 fully saturated rings. The van der Waals surface area contributed by atoms with Gasteiger partial charge in [-0.2, -0.15) is 0 Å². The molecule has 6 heteroatoms. The average molecular weight is 396 g/mol. The van der Waals surface area contributed by atoms with E-state index in [1.54, 1.807) is 4.90 Å². The van der Waals surface area contributed by atoms with Gasteiger partial charge in [0.25, 0.3) is 0 Å². The molecule has 4 aliphatic carbocycles. The molecular formula is C23H28N2O4. The van der Waals surface area contributed by atoms with Crippen molar-refractivity contribution in [1.29, 1.82) is 0 Å². The lowest BCUT2D eigenvalue weighted by Gasteiger charge is -2.57. The van der Waals surface area contributed by atoms with Gasteiger partial charge in [-0.05, 0) is 68.4 Å². The van der Waals surface area contributed by atoms with Gasteiger partial charge in [0.15, 0.2) is 11.5 Å². The number of nitrogens with one attached hydrogen (secondary N) is 1. The number of nitrogens with zero attached hydrogens (tertiary/aromatic N) is 1. The molecule has 1 saturated heterocycles. The topological polar surface area (TPSA) is 67.9 Å². The minimum atomic E-state index is -0.274. The van der Waals surface area contributed by atoms with E-state index in [0.29, 0.717) is 31.3 Å². The second-order valence-corrected chi connectivity index (χ2v) is 9.92. The summed E-state index contributed by atoms with van der Waals surface area (Å²) in [5, 5.41) is 3.45. The van der Waals surface area contributed by atoms with Crippen LogP contribution in [-0.2, 0) is 9.59 Å². The maximum atomic E-state index is 13.2. The van der Waals surface area contributed by atoms with Gasteiger partial charge in [-0.15, -0.1) is 0 Å². The summed E-state index contributed by atoms with van der Waals surface area (Å²) in [6.45, 7) is 1.50. The maximum Gasteiger partial charge on any atom is 0.227 e. The van der Waals surface area contributed by atoms with Crippen molar-refractivity contribution in [1.82, 2.24) is 5.32 Å². The zero-order valence-corrected chi connectivity index (χ0v) is 16.7. The van der Waals surface area contributed by atoms with Gasteiger partial charge in [0.05, 0.1) is 5.92 Å². The van der Waals surface area contributed by atoms with Crippen LogP contribution in [0.3, 0.4) is 0 Å². The third kappa shape index (κ3) is 2.99. The number of hydrogen-bond acceptors (Lipinski definition) is 4. The fourth-order valence-corrected chi connectivity index (χ4v) is 6.96. The Labute approximate surface area is 170 Å². The molecule has 6 aliphatic rings. The van der Waals surface area contributed by atoms with Crippen LogP contribution < -0.4 is 19.7 Å². The number of carbonyl (C=O) groups excluding carboxylic acids is 2. The Bertz CT molecular complexity index is 831. The monoisotopic (exact) mass is 396 g/mol. The van der Waals surface area contributed by atoms with E-state index in [1.165, 1.54) is 19.3 Å². The molecule has 29 heavy (non-hydrogen) atoms. The van der Waals surface area contributed by atoms with E-state index in [0.717, 1.165) is 42.7 Å². The van der Waals surface area contributed by atoms with Crippen LogP contribution in [0.15, 0.2) is 18.2 Å². The highest BCUT2D eigenvalue weighted by atomic mass is 16.6. The van der Waals surface area contributed by atoms with E-state index >= 15 is 0 Å². The maximum absolute atomic E-state index is 13.2. The van der Waals surface area contributed by atoms with Crippen molar-refractivity contribution in [3.63, 3.8) is 0 Å². The Morgan fingerprint density at radius 3 is 2.34 bits per heavy atom. The van der Waals surface area contributed by atoms with Crippen LogP contribution in [0.2, 0.25) is 0 Å². The van der Waals surface area contributed by atoms with Crippen LogP contribution in [-0.4, -0.2) is 37.1 Å². The van der Waals surface area contributed by atoms with Gasteiger partial charge < -0.3 is 19.7 Å². The first-order valence-corrected chi connectivity index (χ1v) is 11.1. The standard InChI is InChI=1S/C23H28N2O4/c26-21-8-17(13-25(21)18-1-2-19-20(9-18)29-4-3-28-19)22(27)24-23-10-14-5-15(11-23)7-16(6-14)12-23/h1-2,9,14-17H,3-8,10-13H2,(H,24,27). The predicted octanol–water partition coefficient (Wildman–Crippen LogP) is 2.90. The SMILES string of the molecule is O=C(NC12CC3CC(CC(C3)C1)C2)C1CC(=O)N(c2ccc3c(c2)OCCO3)C1. The van der Waals surface area contributed by atoms with Gasteiger partial charge in [0.2, 0.25) is 11.8 Å². The van der Waals surface area contributed by atoms with Gasteiger partial charge in [0, 0.05) is 30.3 Å². The van der Waals surface area contributed by atoms with Crippen LogP contribution in [0.1, 0.15) is 44.9 Å². The van der Waals surface area contributed by atoms with Crippen LogP contribution in [0.4, 0.5) is 5.69 Å². The molecule has 4 saturated carbocycles. The molecule has 1 unspecified atom stereocenters. The summed E-state index contributed by atoms with van der Waals surface area (Å²) in [6, 6.07) is 5.58. The first-order chi connectivity index (χ1) is 14.1. The number of benzene rings is 1. The van der Waals surface area contributed by atoms with Crippen LogP contribution >= 0.6 is 0 Å². The van der Waals surface area contributed by atoms with Gasteiger partial charge in [-0.3, -0.25) is 9.59 Å². The normalized spacial score (nSPS) is 37.1. The number of rotatable bonds is 3. The number of carbonyl (C=O) groups is 2. The molecule has 7 rings (SSSR count). The van der Waals surface area contributed by atoms with E-state index < -0.39 is 0 Å². The molecule has 1 atom stereocenters. The summed E-state index contributed by atoms with van der Waals surface area (Å²) in [7, 11) is 0.